The predicted octanol–water partition coefficient (Wildman–Crippen LogP) is 3.25. The van der Waals surface area contributed by atoms with Crippen LogP contribution in [-0.4, -0.2) is 37.5 Å². The minimum absolute atomic E-state index is 0. The van der Waals surface area contributed by atoms with E-state index in [4.69, 9.17) is 0 Å². The molecule has 1 aromatic heterocycles. The highest BCUT2D eigenvalue weighted by Crippen LogP contribution is 2.25. The van der Waals surface area contributed by atoms with E-state index in [9.17, 15) is 4.79 Å². The number of carbonyl (C=O) groups excluding carboxylic acids is 1. The molecule has 1 aliphatic heterocycles. The summed E-state index contributed by atoms with van der Waals surface area (Å²) in [6, 6.07) is 2.04. The summed E-state index contributed by atoms with van der Waals surface area (Å²) >= 11 is 1.63. The molecule has 1 N–H and O–H groups in total. The van der Waals surface area contributed by atoms with Gasteiger partial charge in [0.15, 0.2) is 0 Å². The molecule has 0 radical (unpaired) electrons. The van der Waals surface area contributed by atoms with Crippen molar-refractivity contribution in [2.24, 2.45) is 5.92 Å². The number of thiophene rings is 1. The lowest BCUT2D eigenvalue weighted by atomic mass is 9.93. The minimum Gasteiger partial charge on any atom is -0.338 e. The zero-order valence-corrected chi connectivity index (χ0v) is 14.2. The van der Waals surface area contributed by atoms with Gasteiger partial charge in [-0.25, -0.2) is 0 Å². The van der Waals surface area contributed by atoms with Crippen LogP contribution in [0, 0.1) is 19.8 Å². The summed E-state index contributed by atoms with van der Waals surface area (Å²) in [5, 5.41) is 3.20. The van der Waals surface area contributed by atoms with Crippen LogP contribution in [0.3, 0.4) is 0 Å². The molecule has 114 valence electrons. The van der Waals surface area contributed by atoms with Gasteiger partial charge in [0.25, 0.3) is 5.91 Å². The zero-order valence-electron chi connectivity index (χ0n) is 12.6. The van der Waals surface area contributed by atoms with E-state index in [-0.39, 0.29) is 18.3 Å². The fourth-order valence-electron chi connectivity index (χ4n) is 2.61. The van der Waals surface area contributed by atoms with Gasteiger partial charge in [-0.2, -0.15) is 0 Å². The van der Waals surface area contributed by atoms with E-state index in [0.29, 0.717) is 0 Å². The van der Waals surface area contributed by atoms with Gasteiger partial charge in [0.1, 0.15) is 0 Å². The van der Waals surface area contributed by atoms with Crippen LogP contribution in [0.5, 0.6) is 0 Å². The van der Waals surface area contributed by atoms with Crippen molar-refractivity contribution in [3.8, 4) is 0 Å². The Morgan fingerprint density at radius 2 is 2.05 bits per heavy atom. The van der Waals surface area contributed by atoms with E-state index in [2.05, 4.69) is 19.2 Å². The fourth-order valence-corrected chi connectivity index (χ4v) is 3.61. The monoisotopic (exact) mass is 316 g/mol. The van der Waals surface area contributed by atoms with E-state index in [1.165, 1.54) is 16.9 Å². The Labute approximate surface area is 132 Å². The average Bonchev–Trinajstić information content (AvgIpc) is 2.76. The number of aryl methyl sites for hydroxylation is 2. The number of carbonyl (C=O) groups is 1. The first kappa shape index (κ1) is 17.5. The van der Waals surface area contributed by atoms with E-state index in [1.807, 2.05) is 18.0 Å². The van der Waals surface area contributed by atoms with Gasteiger partial charge >= 0.3 is 0 Å². The van der Waals surface area contributed by atoms with Crippen LogP contribution in [0.25, 0.3) is 0 Å². The van der Waals surface area contributed by atoms with Gasteiger partial charge in [0.05, 0.1) is 4.88 Å². The summed E-state index contributed by atoms with van der Waals surface area (Å²) in [5.41, 5.74) is 1.23. The molecular weight excluding hydrogens is 292 g/mol. The normalized spacial score (nSPS) is 16.1. The van der Waals surface area contributed by atoms with Crippen LogP contribution in [-0.2, 0) is 0 Å². The number of halogens is 1. The van der Waals surface area contributed by atoms with E-state index in [1.54, 1.807) is 11.3 Å². The second-order valence-corrected chi connectivity index (χ2v) is 6.73. The molecule has 1 aromatic rings. The van der Waals surface area contributed by atoms with Gasteiger partial charge in [-0.15, -0.1) is 23.7 Å². The molecule has 0 saturated carbocycles. The molecular formula is C15H25ClN2OS. The number of hydrogen-bond acceptors (Lipinski definition) is 3. The van der Waals surface area contributed by atoms with Crippen molar-refractivity contribution in [2.75, 3.05) is 26.7 Å². The predicted molar refractivity (Wildman–Crippen MR) is 88.2 cm³/mol. The van der Waals surface area contributed by atoms with Gasteiger partial charge in [0.2, 0.25) is 0 Å². The second kappa shape index (κ2) is 8.01. The van der Waals surface area contributed by atoms with Gasteiger partial charge in [-0.05, 0) is 64.3 Å². The lowest BCUT2D eigenvalue weighted by Crippen LogP contribution is -2.38. The highest BCUT2D eigenvalue weighted by atomic mass is 35.5. The maximum absolute atomic E-state index is 12.4. The molecule has 3 nitrogen and oxygen atoms in total. The van der Waals surface area contributed by atoms with Gasteiger partial charge in [-0.1, -0.05) is 0 Å². The first-order chi connectivity index (χ1) is 9.11. The van der Waals surface area contributed by atoms with Crippen molar-refractivity contribution >= 4 is 29.7 Å². The molecule has 2 heterocycles. The van der Waals surface area contributed by atoms with Crippen molar-refractivity contribution < 1.29 is 4.79 Å². The molecule has 1 aliphatic rings. The third-order valence-electron chi connectivity index (χ3n) is 4.08. The lowest BCUT2D eigenvalue weighted by molar-refractivity contribution is 0.0692. The smallest absolute Gasteiger partial charge is 0.263 e. The molecule has 0 unspecified atom stereocenters. The SMILES string of the molecule is CNCCC1CCN(C(=O)c2cc(C)c(C)s2)CC1.Cl. The summed E-state index contributed by atoms with van der Waals surface area (Å²) in [6.07, 6.45) is 3.53. The Morgan fingerprint density at radius 3 is 2.55 bits per heavy atom. The maximum Gasteiger partial charge on any atom is 0.263 e. The number of hydrogen-bond donors (Lipinski definition) is 1. The van der Waals surface area contributed by atoms with E-state index < -0.39 is 0 Å². The molecule has 0 atom stereocenters. The number of likely N-dealkylation sites (tertiary alicyclic amines) is 1. The highest BCUT2D eigenvalue weighted by Gasteiger charge is 2.24. The van der Waals surface area contributed by atoms with Crippen LogP contribution in [0.2, 0.25) is 0 Å². The summed E-state index contributed by atoms with van der Waals surface area (Å²) in [4.78, 5) is 16.6. The topological polar surface area (TPSA) is 32.3 Å². The van der Waals surface area contributed by atoms with Crippen LogP contribution >= 0.6 is 23.7 Å². The summed E-state index contributed by atoms with van der Waals surface area (Å²) in [5.74, 6) is 1.01. The zero-order chi connectivity index (χ0) is 13.8. The average molecular weight is 317 g/mol. The third kappa shape index (κ3) is 4.21. The molecule has 5 heteroatoms. The van der Waals surface area contributed by atoms with Crippen LogP contribution in [0.15, 0.2) is 6.07 Å². The summed E-state index contributed by atoms with van der Waals surface area (Å²) in [6.45, 7) is 7.09. The Morgan fingerprint density at radius 1 is 1.40 bits per heavy atom. The Hall–Kier alpha value is -0.580. The molecule has 1 saturated heterocycles. The van der Waals surface area contributed by atoms with Gasteiger partial charge < -0.3 is 10.2 Å². The van der Waals surface area contributed by atoms with Crippen molar-refractivity contribution in [2.45, 2.75) is 33.1 Å². The molecule has 0 aliphatic carbocycles. The van der Waals surface area contributed by atoms with Crippen LogP contribution in [0.4, 0.5) is 0 Å². The number of amides is 1. The first-order valence-electron chi connectivity index (χ1n) is 7.12. The Balaban J connectivity index is 0.00000200. The first-order valence-corrected chi connectivity index (χ1v) is 7.94. The minimum atomic E-state index is 0. The van der Waals surface area contributed by atoms with Crippen molar-refractivity contribution in [3.05, 3.63) is 21.4 Å². The van der Waals surface area contributed by atoms with E-state index in [0.717, 1.165) is 43.3 Å². The lowest BCUT2D eigenvalue weighted by Gasteiger charge is -2.31. The standard InChI is InChI=1S/C15H24N2OS.ClH/c1-11-10-14(19-12(11)2)15(18)17-8-5-13(6-9-17)4-7-16-3;/h10,13,16H,4-9H2,1-3H3;1H. The largest absolute Gasteiger partial charge is 0.338 e. The van der Waals surface area contributed by atoms with Crippen molar-refractivity contribution in [1.82, 2.24) is 10.2 Å². The molecule has 1 fully saturated rings. The highest BCUT2D eigenvalue weighted by molar-refractivity contribution is 7.14. The quantitative estimate of drug-likeness (QED) is 0.925. The third-order valence-corrected chi connectivity index (χ3v) is 5.22. The number of nitrogens with zero attached hydrogens (tertiary/aromatic N) is 1. The molecule has 1 amide bonds. The number of rotatable bonds is 4. The molecule has 0 aromatic carbocycles. The number of piperidine rings is 1. The fraction of sp³-hybridized carbons (Fsp3) is 0.667. The second-order valence-electron chi connectivity index (χ2n) is 5.48. The Kier molecular flexibility index (Phi) is 7.00. The molecule has 0 bridgehead atoms. The maximum atomic E-state index is 12.4. The number of nitrogens with one attached hydrogen (secondary N) is 1. The van der Waals surface area contributed by atoms with Gasteiger partial charge in [0, 0.05) is 18.0 Å². The molecule has 20 heavy (non-hydrogen) atoms. The van der Waals surface area contributed by atoms with Crippen LogP contribution in [0.1, 0.15) is 39.4 Å². The summed E-state index contributed by atoms with van der Waals surface area (Å²) < 4.78 is 0. The molecule has 0 spiro atoms. The van der Waals surface area contributed by atoms with Crippen molar-refractivity contribution in [3.63, 3.8) is 0 Å². The van der Waals surface area contributed by atoms with Crippen molar-refractivity contribution in [1.29, 1.82) is 0 Å². The van der Waals surface area contributed by atoms with E-state index >= 15 is 0 Å². The summed E-state index contributed by atoms with van der Waals surface area (Å²) in [7, 11) is 2.00. The molecule has 2 rings (SSSR count). The van der Waals surface area contributed by atoms with Crippen LogP contribution < -0.4 is 5.32 Å². The van der Waals surface area contributed by atoms with Gasteiger partial charge in [-0.3, -0.25) is 4.79 Å². The Bertz CT molecular complexity index is 420.